The van der Waals surface area contributed by atoms with Crippen molar-refractivity contribution in [2.24, 2.45) is 0 Å². The first-order chi connectivity index (χ1) is 11.2. The van der Waals surface area contributed by atoms with Crippen molar-refractivity contribution in [1.29, 1.82) is 0 Å². The first-order valence-electron chi connectivity index (χ1n) is 8.19. The number of quaternary nitrogens is 1. The molecule has 0 aromatic heterocycles. The molecule has 1 saturated heterocycles. The lowest BCUT2D eigenvalue weighted by Crippen LogP contribution is -3.16. The van der Waals surface area contributed by atoms with Crippen LogP contribution in [0.25, 0.3) is 0 Å². The molecule has 1 aromatic carbocycles. The average molecular weight is 337 g/mol. The molecule has 1 fully saturated rings. The molecule has 1 aliphatic heterocycles. The lowest BCUT2D eigenvalue weighted by Gasteiger charge is -2.33. The van der Waals surface area contributed by atoms with Gasteiger partial charge in [-0.1, -0.05) is 12.1 Å². The van der Waals surface area contributed by atoms with Gasteiger partial charge in [-0.2, -0.15) is 0 Å². The van der Waals surface area contributed by atoms with Crippen LogP contribution in [0.5, 0.6) is 0 Å². The third-order valence-corrected chi connectivity index (χ3v) is 3.82. The number of halogens is 1. The zero-order valence-electron chi connectivity index (χ0n) is 14.5. The lowest BCUT2D eigenvalue weighted by molar-refractivity contribution is -0.892. The van der Waals surface area contributed by atoms with E-state index in [2.05, 4.69) is 10.6 Å². The number of piperazine rings is 1. The van der Waals surface area contributed by atoms with Crippen molar-refractivity contribution in [2.75, 3.05) is 37.6 Å². The van der Waals surface area contributed by atoms with Crippen LogP contribution in [-0.4, -0.2) is 50.2 Å². The topological polar surface area (TPSA) is 65.9 Å². The van der Waals surface area contributed by atoms with Gasteiger partial charge in [0.15, 0.2) is 6.54 Å². The van der Waals surface area contributed by atoms with Crippen LogP contribution >= 0.6 is 0 Å². The van der Waals surface area contributed by atoms with Crippen molar-refractivity contribution in [3.05, 3.63) is 30.1 Å². The summed E-state index contributed by atoms with van der Waals surface area (Å²) >= 11 is 0. The number of hydrogen-bond acceptors (Lipinski definition) is 3. The minimum absolute atomic E-state index is 0.224. The number of nitrogens with zero attached hydrogens (tertiary/aromatic N) is 1. The number of para-hydroxylation sites is 1. The van der Waals surface area contributed by atoms with Gasteiger partial charge in [0, 0.05) is 5.54 Å². The van der Waals surface area contributed by atoms with Crippen LogP contribution in [0.1, 0.15) is 20.8 Å². The van der Waals surface area contributed by atoms with Crippen molar-refractivity contribution < 1.29 is 18.9 Å². The maximum absolute atomic E-state index is 13.8. The fraction of sp³-hybridized carbons (Fsp3) is 0.529. The molecule has 0 spiro atoms. The summed E-state index contributed by atoms with van der Waals surface area (Å²) in [5, 5.41) is 5.04. The van der Waals surface area contributed by atoms with Gasteiger partial charge in [0.1, 0.15) is 5.82 Å². The van der Waals surface area contributed by atoms with E-state index in [0.717, 1.165) is 18.0 Å². The molecule has 132 valence electrons. The predicted molar refractivity (Wildman–Crippen MR) is 90.6 cm³/mol. The van der Waals surface area contributed by atoms with E-state index >= 15 is 0 Å². The molecule has 1 heterocycles. The fourth-order valence-corrected chi connectivity index (χ4v) is 2.72. The van der Waals surface area contributed by atoms with Gasteiger partial charge in [-0.25, -0.2) is 9.18 Å². The Morgan fingerprint density at radius 1 is 1.21 bits per heavy atom. The molecule has 0 aliphatic carbocycles. The quantitative estimate of drug-likeness (QED) is 0.736. The number of hydrogen-bond donors (Lipinski definition) is 3. The van der Waals surface area contributed by atoms with Gasteiger partial charge in [-0.3, -0.25) is 10.1 Å². The summed E-state index contributed by atoms with van der Waals surface area (Å²) in [4.78, 5) is 26.7. The first-order valence-corrected chi connectivity index (χ1v) is 8.19. The standard InChI is InChI=1S/C17H25FN4O2/c1-17(2,3)20-16(24)19-15(23)12-21-8-10-22(11-9-21)14-7-5-4-6-13(14)18/h4-7H,8-12H2,1-3H3,(H2,19,20,23,24)/p+1. The van der Waals surface area contributed by atoms with Gasteiger partial charge in [-0.15, -0.1) is 0 Å². The number of nitrogens with one attached hydrogen (secondary N) is 3. The average Bonchev–Trinajstić information content (AvgIpc) is 2.46. The molecule has 7 heteroatoms. The largest absolute Gasteiger partial charge is 0.358 e. The number of carbonyl (C=O) groups excluding carboxylic acids is 2. The number of anilines is 1. The molecule has 3 N–H and O–H groups in total. The monoisotopic (exact) mass is 337 g/mol. The molecule has 0 radical (unpaired) electrons. The summed E-state index contributed by atoms with van der Waals surface area (Å²) in [6.45, 7) is 8.60. The molecule has 24 heavy (non-hydrogen) atoms. The number of carbonyl (C=O) groups is 2. The van der Waals surface area contributed by atoms with E-state index in [9.17, 15) is 14.0 Å². The van der Waals surface area contributed by atoms with Crippen LogP contribution in [0.3, 0.4) is 0 Å². The van der Waals surface area contributed by atoms with Gasteiger partial charge in [0.05, 0.1) is 31.9 Å². The second-order valence-electron chi connectivity index (χ2n) is 7.12. The van der Waals surface area contributed by atoms with E-state index < -0.39 is 6.03 Å². The molecule has 1 aliphatic rings. The fourth-order valence-electron chi connectivity index (χ4n) is 2.72. The van der Waals surface area contributed by atoms with E-state index in [0.29, 0.717) is 18.8 Å². The highest BCUT2D eigenvalue weighted by Crippen LogP contribution is 2.17. The minimum Gasteiger partial charge on any atom is -0.358 e. The zero-order chi connectivity index (χ0) is 17.7. The van der Waals surface area contributed by atoms with Crippen LogP contribution in [0, 0.1) is 5.82 Å². The Morgan fingerprint density at radius 3 is 2.42 bits per heavy atom. The number of amides is 3. The molecule has 3 amide bonds. The summed E-state index contributed by atoms with van der Waals surface area (Å²) in [5.74, 6) is -0.524. The Morgan fingerprint density at radius 2 is 1.83 bits per heavy atom. The highest BCUT2D eigenvalue weighted by Gasteiger charge is 2.24. The third-order valence-electron chi connectivity index (χ3n) is 3.82. The Labute approximate surface area is 142 Å². The second-order valence-corrected chi connectivity index (χ2v) is 7.12. The molecule has 0 unspecified atom stereocenters. The maximum atomic E-state index is 13.8. The van der Waals surface area contributed by atoms with Gasteiger partial charge >= 0.3 is 6.03 Å². The van der Waals surface area contributed by atoms with E-state index in [1.807, 2.05) is 31.7 Å². The Kier molecular flexibility index (Phi) is 5.77. The van der Waals surface area contributed by atoms with Gasteiger partial charge in [0.25, 0.3) is 5.91 Å². The molecular weight excluding hydrogens is 311 g/mol. The highest BCUT2D eigenvalue weighted by molar-refractivity contribution is 5.94. The molecule has 6 nitrogen and oxygen atoms in total. The summed E-state index contributed by atoms with van der Waals surface area (Å²) < 4.78 is 13.8. The van der Waals surface area contributed by atoms with E-state index in [4.69, 9.17) is 0 Å². The molecule has 0 saturated carbocycles. The van der Waals surface area contributed by atoms with E-state index in [1.54, 1.807) is 12.1 Å². The van der Waals surface area contributed by atoms with Crippen molar-refractivity contribution in [1.82, 2.24) is 10.6 Å². The van der Waals surface area contributed by atoms with E-state index in [1.165, 1.54) is 6.07 Å². The summed E-state index contributed by atoms with van der Waals surface area (Å²) in [6, 6.07) is 6.24. The first kappa shape index (κ1) is 18.2. The van der Waals surface area contributed by atoms with Gasteiger partial charge < -0.3 is 15.1 Å². The van der Waals surface area contributed by atoms with Crippen molar-refractivity contribution >= 4 is 17.6 Å². The number of imide groups is 1. The van der Waals surface area contributed by atoms with Gasteiger partial charge in [-0.05, 0) is 32.9 Å². The molecule has 1 aromatic rings. The predicted octanol–water partition coefficient (Wildman–Crippen LogP) is 0.155. The number of benzene rings is 1. The summed E-state index contributed by atoms with van der Waals surface area (Å²) in [6.07, 6.45) is 0. The van der Waals surface area contributed by atoms with Crippen molar-refractivity contribution in [3.63, 3.8) is 0 Å². The molecule has 0 bridgehead atoms. The third kappa shape index (κ3) is 5.49. The van der Waals surface area contributed by atoms with Crippen LogP contribution in [0.2, 0.25) is 0 Å². The van der Waals surface area contributed by atoms with Crippen LogP contribution in [0.15, 0.2) is 24.3 Å². The van der Waals surface area contributed by atoms with E-state index in [-0.39, 0.29) is 23.8 Å². The highest BCUT2D eigenvalue weighted by atomic mass is 19.1. The smallest absolute Gasteiger partial charge is 0.322 e. The number of rotatable bonds is 3. The molecular formula is C17H26FN4O2+. The van der Waals surface area contributed by atoms with Crippen molar-refractivity contribution in [2.45, 2.75) is 26.3 Å². The number of urea groups is 1. The zero-order valence-corrected chi connectivity index (χ0v) is 14.5. The Bertz CT molecular complexity index is 592. The second kappa shape index (κ2) is 7.61. The van der Waals surface area contributed by atoms with Crippen LogP contribution in [0.4, 0.5) is 14.9 Å². The minimum atomic E-state index is -0.475. The Hall–Kier alpha value is -2.15. The SMILES string of the molecule is CC(C)(C)NC(=O)NC(=O)C[NH+]1CCN(c2ccccc2F)CC1. The summed E-state index contributed by atoms with van der Waals surface area (Å²) in [7, 11) is 0. The van der Waals surface area contributed by atoms with Crippen LogP contribution in [-0.2, 0) is 4.79 Å². The maximum Gasteiger partial charge on any atom is 0.322 e. The normalized spacial score (nSPS) is 15.9. The van der Waals surface area contributed by atoms with Gasteiger partial charge in [0.2, 0.25) is 0 Å². The molecule has 2 rings (SSSR count). The molecule has 0 atom stereocenters. The Balaban J connectivity index is 1.78. The summed E-state index contributed by atoms with van der Waals surface area (Å²) in [5.41, 5.74) is 0.216. The lowest BCUT2D eigenvalue weighted by atomic mass is 10.1. The van der Waals surface area contributed by atoms with Crippen molar-refractivity contribution in [3.8, 4) is 0 Å². The van der Waals surface area contributed by atoms with Crippen LogP contribution < -0.4 is 20.4 Å².